The lowest BCUT2D eigenvalue weighted by molar-refractivity contribution is -0.384. The van der Waals surface area contributed by atoms with Gasteiger partial charge < -0.3 is 10.1 Å². The van der Waals surface area contributed by atoms with E-state index in [0.717, 1.165) is 6.42 Å². The molecule has 118 valence electrons. The maximum atomic E-state index is 11.3. The van der Waals surface area contributed by atoms with Gasteiger partial charge in [0.15, 0.2) is 0 Å². The van der Waals surface area contributed by atoms with Crippen molar-refractivity contribution in [2.75, 3.05) is 12.4 Å². The van der Waals surface area contributed by atoms with Crippen molar-refractivity contribution in [1.82, 2.24) is 9.78 Å². The number of aromatic nitrogens is 2. The number of nitrogens with one attached hydrogen (secondary N) is 1. The molecule has 7 nitrogen and oxygen atoms in total. The summed E-state index contributed by atoms with van der Waals surface area (Å²) < 4.78 is 7.13. The lowest BCUT2D eigenvalue weighted by Crippen LogP contribution is -2.58. The Bertz CT molecular complexity index is 551. The molecule has 1 fully saturated rings. The topological polar surface area (TPSA) is 82.2 Å². The van der Waals surface area contributed by atoms with E-state index in [-0.39, 0.29) is 34.2 Å². The number of hydrogen-bond acceptors (Lipinski definition) is 5. The average Bonchev–Trinajstić information content (AvgIpc) is 2.71. The Balaban J connectivity index is 2.34. The lowest BCUT2D eigenvalue weighted by Gasteiger charge is -2.51. The van der Waals surface area contributed by atoms with Crippen LogP contribution < -0.4 is 5.32 Å². The summed E-state index contributed by atoms with van der Waals surface area (Å²) in [5, 5.41) is 19.0. The minimum absolute atomic E-state index is 0.0568. The van der Waals surface area contributed by atoms with E-state index in [4.69, 9.17) is 4.74 Å². The average molecular weight is 296 g/mol. The van der Waals surface area contributed by atoms with E-state index in [9.17, 15) is 10.1 Å². The number of nitro groups is 1. The third kappa shape index (κ3) is 2.50. The summed E-state index contributed by atoms with van der Waals surface area (Å²) in [7, 11) is 1.70. The highest BCUT2D eigenvalue weighted by Gasteiger charge is 2.49. The van der Waals surface area contributed by atoms with Crippen molar-refractivity contribution < 1.29 is 9.66 Å². The number of nitrogens with zero attached hydrogens (tertiary/aromatic N) is 3. The van der Waals surface area contributed by atoms with E-state index in [1.54, 1.807) is 18.7 Å². The van der Waals surface area contributed by atoms with E-state index in [1.165, 1.54) is 0 Å². The molecule has 2 unspecified atom stereocenters. The Labute approximate surface area is 124 Å². The van der Waals surface area contributed by atoms with E-state index >= 15 is 0 Å². The highest BCUT2D eigenvalue weighted by Crippen LogP contribution is 2.45. The van der Waals surface area contributed by atoms with Gasteiger partial charge >= 0.3 is 5.69 Å². The van der Waals surface area contributed by atoms with Gasteiger partial charge in [-0.05, 0) is 27.2 Å². The van der Waals surface area contributed by atoms with Crippen LogP contribution >= 0.6 is 0 Å². The van der Waals surface area contributed by atoms with Crippen molar-refractivity contribution in [2.24, 2.45) is 5.41 Å². The number of methoxy groups -OCH3 is 1. The van der Waals surface area contributed by atoms with Gasteiger partial charge in [-0.15, -0.1) is 0 Å². The van der Waals surface area contributed by atoms with Gasteiger partial charge in [-0.25, -0.2) is 4.68 Å². The number of rotatable bonds is 5. The van der Waals surface area contributed by atoms with Crippen LogP contribution in [0.25, 0.3) is 0 Å². The molecule has 0 spiro atoms. The number of ether oxygens (including phenoxy) is 1. The van der Waals surface area contributed by atoms with Crippen molar-refractivity contribution in [3.05, 3.63) is 15.8 Å². The molecule has 0 aromatic carbocycles. The summed E-state index contributed by atoms with van der Waals surface area (Å²) in [4.78, 5) is 11.0. The smallest absolute Gasteiger partial charge is 0.333 e. The molecule has 1 N–H and O–H groups in total. The van der Waals surface area contributed by atoms with E-state index in [1.807, 2.05) is 13.8 Å². The highest BCUT2D eigenvalue weighted by molar-refractivity contribution is 5.60. The van der Waals surface area contributed by atoms with E-state index in [0.29, 0.717) is 11.5 Å². The van der Waals surface area contributed by atoms with Gasteiger partial charge in [0.1, 0.15) is 5.69 Å². The third-order valence-electron chi connectivity index (χ3n) is 4.50. The van der Waals surface area contributed by atoms with Crippen molar-refractivity contribution in [2.45, 2.75) is 59.2 Å². The Kier molecular flexibility index (Phi) is 3.97. The van der Waals surface area contributed by atoms with Crippen LogP contribution in [-0.4, -0.2) is 34.0 Å². The Hall–Kier alpha value is -1.63. The quantitative estimate of drug-likeness (QED) is 0.667. The van der Waals surface area contributed by atoms with Crippen LogP contribution in [0.4, 0.5) is 11.5 Å². The number of hydrogen-bond donors (Lipinski definition) is 1. The van der Waals surface area contributed by atoms with Crippen LogP contribution in [-0.2, 0) is 4.74 Å². The molecule has 0 aliphatic heterocycles. The fourth-order valence-electron chi connectivity index (χ4n) is 2.96. The summed E-state index contributed by atoms with van der Waals surface area (Å²) in [6.07, 6.45) is 1.01. The Morgan fingerprint density at radius 3 is 2.57 bits per heavy atom. The molecule has 1 heterocycles. The molecule has 1 aliphatic carbocycles. The predicted octanol–water partition coefficient (Wildman–Crippen LogP) is 2.91. The first-order valence-electron chi connectivity index (χ1n) is 7.23. The van der Waals surface area contributed by atoms with Gasteiger partial charge in [0.05, 0.1) is 11.0 Å². The third-order valence-corrected chi connectivity index (χ3v) is 4.50. The second-order valence-corrected chi connectivity index (χ2v) is 6.56. The second kappa shape index (κ2) is 5.29. The van der Waals surface area contributed by atoms with Crippen LogP contribution in [0.2, 0.25) is 0 Å². The highest BCUT2D eigenvalue weighted by atomic mass is 16.6. The summed E-state index contributed by atoms with van der Waals surface area (Å²) in [5.41, 5.74) is 0.444. The molecular formula is C14H24N4O3. The molecule has 0 bridgehead atoms. The monoisotopic (exact) mass is 296 g/mol. The second-order valence-electron chi connectivity index (χ2n) is 6.56. The first kappa shape index (κ1) is 15.8. The van der Waals surface area contributed by atoms with Crippen LogP contribution in [0, 0.1) is 22.5 Å². The molecule has 21 heavy (non-hydrogen) atoms. The van der Waals surface area contributed by atoms with Crippen LogP contribution in [0.3, 0.4) is 0 Å². The molecule has 0 radical (unpaired) electrons. The van der Waals surface area contributed by atoms with E-state index in [2.05, 4.69) is 24.3 Å². The molecule has 2 atom stereocenters. The van der Waals surface area contributed by atoms with Gasteiger partial charge in [0, 0.05) is 24.6 Å². The molecule has 1 aromatic rings. The summed E-state index contributed by atoms with van der Waals surface area (Å²) in [6, 6.07) is 0.191. The van der Waals surface area contributed by atoms with Crippen molar-refractivity contribution in [1.29, 1.82) is 0 Å². The summed E-state index contributed by atoms with van der Waals surface area (Å²) in [5.74, 6) is 0.500. The van der Waals surface area contributed by atoms with Gasteiger partial charge in [0.2, 0.25) is 5.82 Å². The standard InChI is InChI=1S/C14H24N4O3/c1-8(2)17-13(12(18(19)20)9(3)16-17)15-10-7-11(21-6)14(10,4)5/h8,10-11,15H,7H2,1-6H3. The minimum atomic E-state index is -0.358. The van der Waals surface area contributed by atoms with Crippen molar-refractivity contribution in [3.63, 3.8) is 0 Å². The van der Waals surface area contributed by atoms with Gasteiger partial charge in [-0.2, -0.15) is 5.10 Å². The Morgan fingerprint density at radius 2 is 2.14 bits per heavy atom. The zero-order valence-corrected chi connectivity index (χ0v) is 13.5. The molecule has 1 aromatic heterocycles. The molecule has 1 saturated carbocycles. The SMILES string of the molecule is COC1CC(Nc2c([N+](=O)[O-])c(C)nn2C(C)C)C1(C)C. The molecule has 2 rings (SSSR count). The lowest BCUT2D eigenvalue weighted by atomic mass is 9.64. The summed E-state index contributed by atoms with van der Waals surface area (Å²) in [6.45, 7) is 9.82. The molecule has 1 aliphatic rings. The van der Waals surface area contributed by atoms with Crippen LogP contribution in [0.5, 0.6) is 0 Å². The predicted molar refractivity (Wildman–Crippen MR) is 80.6 cm³/mol. The fourth-order valence-corrected chi connectivity index (χ4v) is 2.96. The fraction of sp³-hybridized carbons (Fsp3) is 0.786. The maximum absolute atomic E-state index is 11.3. The first-order valence-corrected chi connectivity index (χ1v) is 7.23. The van der Waals surface area contributed by atoms with Crippen LogP contribution in [0.15, 0.2) is 0 Å². The van der Waals surface area contributed by atoms with Crippen molar-refractivity contribution >= 4 is 11.5 Å². The van der Waals surface area contributed by atoms with E-state index < -0.39 is 0 Å². The molecule has 7 heteroatoms. The number of anilines is 1. The van der Waals surface area contributed by atoms with Crippen LogP contribution in [0.1, 0.15) is 45.9 Å². The zero-order valence-electron chi connectivity index (χ0n) is 13.5. The minimum Gasteiger partial charge on any atom is -0.381 e. The largest absolute Gasteiger partial charge is 0.381 e. The summed E-state index contributed by atoms with van der Waals surface area (Å²) >= 11 is 0. The molecule has 0 amide bonds. The normalized spacial score (nSPS) is 24.0. The Morgan fingerprint density at radius 1 is 1.52 bits per heavy atom. The number of aryl methyl sites for hydroxylation is 1. The maximum Gasteiger partial charge on any atom is 0.333 e. The molecule has 0 saturated heterocycles. The zero-order chi connectivity index (χ0) is 15.9. The molecular weight excluding hydrogens is 272 g/mol. The van der Waals surface area contributed by atoms with Gasteiger partial charge in [-0.1, -0.05) is 13.8 Å². The van der Waals surface area contributed by atoms with Gasteiger partial charge in [-0.3, -0.25) is 10.1 Å². The van der Waals surface area contributed by atoms with Gasteiger partial charge in [0.25, 0.3) is 0 Å². The van der Waals surface area contributed by atoms with Crippen molar-refractivity contribution in [3.8, 4) is 0 Å². The first-order chi connectivity index (χ1) is 9.70.